The van der Waals surface area contributed by atoms with E-state index in [-0.39, 0.29) is 5.39 Å². The fraction of sp³-hybridized carbons (Fsp3) is 0.128. The van der Waals surface area contributed by atoms with Crippen LogP contribution < -0.4 is 4.18 Å². The molecule has 0 amide bonds. The SMILES string of the molecule is O=S(=O)(Oc1ccc2ccc(-c3ccc4c(c3)C3(c5ccccc5-c5ccccc53)c3ccccc3-4)cc2c1)C(F)(F)C(F)(F)C(F)(F)C(F)(F)F. The van der Waals surface area contributed by atoms with Crippen LogP contribution in [-0.4, -0.2) is 31.7 Å². The van der Waals surface area contributed by atoms with E-state index < -0.39 is 44.6 Å². The third-order valence-corrected chi connectivity index (χ3v) is 11.1. The standard InChI is InChI=1S/C39H21F9O3S/c40-36(41,38(44,45)46)37(42,43)39(47,48)52(49,50)51-26-17-15-22-13-14-23(19-25(22)20-26)24-16-18-30-29-9-3-6-12-33(29)35(34(30)21-24)31-10-4-1-7-27(31)28-8-2-5-11-32(28)35/h1-21H. The number of fused-ring (bicyclic) bond motifs is 11. The molecule has 0 atom stereocenters. The minimum Gasteiger partial charge on any atom is -0.378 e. The fourth-order valence-corrected chi connectivity index (χ4v) is 8.33. The molecule has 3 nitrogen and oxygen atoms in total. The predicted octanol–water partition coefficient (Wildman–Crippen LogP) is 11.0. The number of rotatable bonds is 6. The molecule has 52 heavy (non-hydrogen) atoms. The highest BCUT2D eigenvalue weighted by molar-refractivity contribution is 7.88. The van der Waals surface area contributed by atoms with E-state index in [1.807, 2.05) is 54.6 Å². The normalized spacial score (nSPS) is 14.9. The molecule has 6 aromatic rings. The Morgan fingerprint density at radius 1 is 0.462 bits per heavy atom. The lowest BCUT2D eigenvalue weighted by molar-refractivity contribution is -0.382. The summed E-state index contributed by atoms with van der Waals surface area (Å²) in [6.07, 6.45) is -7.20. The Morgan fingerprint density at radius 3 is 1.46 bits per heavy atom. The molecule has 0 bridgehead atoms. The zero-order chi connectivity index (χ0) is 37.1. The molecule has 0 unspecified atom stereocenters. The zero-order valence-electron chi connectivity index (χ0n) is 26.2. The summed E-state index contributed by atoms with van der Waals surface area (Å²) >= 11 is 0. The topological polar surface area (TPSA) is 43.4 Å². The number of halogens is 9. The van der Waals surface area contributed by atoms with Gasteiger partial charge in [-0.3, -0.25) is 0 Å². The minimum absolute atomic E-state index is 0.163. The average molecular weight is 741 g/mol. The molecule has 0 fully saturated rings. The van der Waals surface area contributed by atoms with Gasteiger partial charge in [0.25, 0.3) is 0 Å². The molecule has 0 aliphatic heterocycles. The summed E-state index contributed by atoms with van der Waals surface area (Å²) in [5, 5.41) is -6.40. The Hall–Kier alpha value is -5.30. The highest BCUT2D eigenvalue weighted by Crippen LogP contribution is 2.63. The lowest BCUT2D eigenvalue weighted by Crippen LogP contribution is -2.63. The monoisotopic (exact) mass is 740 g/mol. The van der Waals surface area contributed by atoms with Gasteiger partial charge in [0.2, 0.25) is 0 Å². The van der Waals surface area contributed by atoms with Gasteiger partial charge in [-0.25, -0.2) is 0 Å². The molecule has 2 aliphatic carbocycles. The van der Waals surface area contributed by atoms with Crippen LogP contribution in [0, 0.1) is 0 Å². The lowest BCUT2D eigenvalue weighted by atomic mass is 9.70. The van der Waals surface area contributed by atoms with Gasteiger partial charge in [-0.1, -0.05) is 103 Å². The maximum absolute atomic E-state index is 14.4. The molecule has 2 aliphatic rings. The Balaban J connectivity index is 1.21. The van der Waals surface area contributed by atoms with Crippen molar-refractivity contribution in [2.24, 2.45) is 0 Å². The number of hydrogen-bond acceptors (Lipinski definition) is 3. The van der Waals surface area contributed by atoms with E-state index in [2.05, 4.69) is 40.6 Å². The summed E-state index contributed by atoms with van der Waals surface area (Å²) in [5.41, 5.74) is 9.10. The van der Waals surface area contributed by atoms with Crippen LogP contribution in [-0.2, 0) is 15.5 Å². The van der Waals surface area contributed by atoms with Gasteiger partial charge in [-0.05, 0) is 90.7 Å². The first-order chi connectivity index (χ1) is 24.4. The van der Waals surface area contributed by atoms with Crippen molar-refractivity contribution in [1.82, 2.24) is 0 Å². The van der Waals surface area contributed by atoms with Gasteiger partial charge in [0, 0.05) is 0 Å². The van der Waals surface area contributed by atoms with E-state index >= 15 is 0 Å². The van der Waals surface area contributed by atoms with Crippen LogP contribution in [0.1, 0.15) is 22.3 Å². The molecular formula is C39H21F9O3S. The van der Waals surface area contributed by atoms with Crippen LogP contribution in [0.4, 0.5) is 39.5 Å². The van der Waals surface area contributed by atoms with Gasteiger partial charge in [-0.2, -0.15) is 47.9 Å². The third kappa shape index (κ3) is 4.37. The summed E-state index contributed by atoms with van der Waals surface area (Å²) in [7, 11) is -7.10. The van der Waals surface area contributed by atoms with Crippen molar-refractivity contribution < 1.29 is 52.1 Å². The van der Waals surface area contributed by atoms with E-state index in [1.165, 1.54) is 6.07 Å². The number of alkyl halides is 9. The Bertz CT molecular complexity index is 2500. The van der Waals surface area contributed by atoms with Crippen molar-refractivity contribution in [1.29, 1.82) is 0 Å². The summed E-state index contributed by atoms with van der Waals surface area (Å²) in [5.74, 6) is -15.8. The fourth-order valence-electron chi connectivity index (χ4n) is 7.43. The molecular weight excluding hydrogens is 719 g/mol. The summed E-state index contributed by atoms with van der Waals surface area (Å²) in [6.45, 7) is 0. The molecule has 1 spiro atoms. The van der Waals surface area contributed by atoms with E-state index in [0.717, 1.165) is 56.6 Å². The van der Waals surface area contributed by atoms with Gasteiger partial charge in [0.1, 0.15) is 5.75 Å². The Kier molecular flexibility index (Phi) is 7.06. The summed E-state index contributed by atoms with van der Waals surface area (Å²) < 4.78 is 150. The molecule has 6 aromatic carbocycles. The van der Waals surface area contributed by atoms with Gasteiger partial charge in [0.05, 0.1) is 5.41 Å². The first-order valence-electron chi connectivity index (χ1n) is 15.6. The molecule has 13 heteroatoms. The minimum atomic E-state index is -7.41. The molecule has 0 heterocycles. The molecule has 0 N–H and O–H groups in total. The van der Waals surface area contributed by atoms with E-state index in [1.54, 1.807) is 18.2 Å². The highest BCUT2D eigenvalue weighted by Gasteiger charge is 2.86. The van der Waals surface area contributed by atoms with Crippen LogP contribution in [0.25, 0.3) is 44.2 Å². The number of hydrogen-bond donors (Lipinski definition) is 0. The second-order valence-electron chi connectivity index (χ2n) is 12.6. The Morgan fingerprint density at radius 2 is 0.923 bits per heavy atom. The molecule has 0 radical (unpaired) electrons. The number of benzene rings is 6. The van der Waals surface area contributed by atoms with E-state index in [0.29, 0.717) is 16.5 Å². The first-order valence-corrected chi connectivity index (χ1v) is 17.0. The van der Waals surface area contributed by atoms with E-state index in [4.69, 9.17) is 0 Å². The third-order valence-electron chi connectivity index (χ3n) is 9.78. The zero-order valence-corrected chi connectivity index (χ0v) is 27.0. The van der Waals surface area contributed by atoms with Crippen LogP contribution >= 0.6 is 0 Å². The second-order valence-corrected chi connectivity index (χ2v) is 14.2. The van der Waals surface area contributed by atoms with Crippen molar-refractivity contribution >= 4 is 20.9 Å². The lowest BCUT2D eigenvalue weighted by Gasteiger charge is -2.32. The molecule has 0 aromatic heterocycles. The van der Waals surface area contributed by atoms with Crippen molar-refractivity contribution in [3.8, 4) is 39.1 Å². The van der Waals surface area contributed by atoms with Crippen LogP contribution in [0.3, 0.4) is 0 Å². The van der Waals surface area contributed by atoms with Gasteiger partial charge >= 0.3 is 33.4 Å². The quantitative estimate of drug-likeness (QED) is 0.126. The maximum atomic E-state index is 14.4. The van der Waals surface area contributed by atoms with Crippen molar-refractivity contribution in [3.63, 3.8) is 0 Å². The first kappa shape index (κ1) is 33.8. The van der Waals surface area contributed by atoms with Gasteiger partial charge in [0.15, 0.2) is 0 Å². The smallest absolute Gasteiger partial charge is 0.378 e. The Labute approximate surface area is 290 Å². The maximum Gasteiger partial charge on any atom is 0.460 e. The van der Waals surface area contributed by atoms with Crippen molar-refractivity contribution in [2.45, 2.75) is 28.7 Å². The molecule has 0 saturated carbocycles. The van der Waals surface area contributed by atoms with Crippen LogP contribution in [0.15, 0.2) is 127 Å². The molecule has 0 saturated heterocycles. The van der Waals surface area contributed by atoms with Gasteiger partial charge in [-0.15, -0.1) is 0 Å². The van der Waals surface area contributed by atoms with Gasteiger partial charge < -0.3 is 4.18 Å². The predicted molar refractivity (Wildman–Crippen MR) is 176 cm³/mol. The van der Waals surface area contributed by atoms with Crippen molar-refractivity contribution in [2.75, 3.05) is 0 Å². The van der Waals surface area contributed by atoms with Crippen molar-refractivity contribution in [3.05, 3.63) is 150 Å². The molecule has 264 valence electrons. The largest absolute Gasteiger partial charge is 0.460 e. The van der Waals surface area contributed by atoms with Crippen LogP contribution in [0.5, 0.6) is 5.75 Å². The summed E-state index contributed by atoms with van der Waals surface area (Å²) in [4.78, 5) is 0. The second kappa shape index (κ2) is 10.9. The molecule has 8 rings (SSSR count). The summed E-state index contributed by atoms with van der Waals surface area (Å²) in [6, 6.07) is 38.0. The average Bonchev–Trinajstić information content (AvgIpc) is 3.57. The van der Waals surface area contributed by atoms with E-state index in [9.17, 15) is 47.9 Å². The van der Waals surface area contributed by atoms with Crippen LogP contribution in [0.2, 0.25) is 0 Å². The highest BCUT2D eigenvalue weighted by atomic mass is 32.2.